The third kappa shape index (κ3) is 4.82. The van der Waals surface area contributed by atoms with Crippen LogP contribution in [0.15, 0.2) is 18.5 Å². The summed E-state index contributed by atoms with van der Waals surface area (Å²) in [6.45, 7) is 7.49. The maximum Gasteiger partial charge on any atom is 0.151 e. The largest absolute Gasteiger partial charge is 0.353 e. The third-order valence-corrected chi connectivity index (χ3v) is 4.76. The van der Waals surface area contributed by atoms with Gasteiger partial charge in [-0.25, -0.2) is 8.42 Å². The van der Waals surface area contributed by atoms with Crippen LogP contribution in [0.5, 0.6) is 0 Å². The molecule has 1 unspecified atom stereocenters. The van der Waals surface area contributed by atoms with Crippen LogP contribution in [0, 0.1) is 0 Å². The van der Waals surface area contributed by atoms with Crippen molar-refractivity contribution in [3.63, 3.8) is 0 Å². The molecule has 18 heavy (non-hydrogen) atoms. The van der Waals surface area contributed by atoms with E-state index in [0.29, 0.717) is 12.6 Å². The molecule has 5 heteroatoms. The van der Waals surface area contributed by atoms with Gasteiger partial charge in [0, 0.05) is 30.7 Å². The van der Waals surface area contributed by atoms with E-state index in [-0.39, 0.29) is 11.5 Å². The topological polar surface area (TPSA) is 51.1 Å². The summed E-state index contributed by atoms with van der Waals surface area (Å²) >= 11 is 0. The highest BCUT2D eigenvalue weighted by molar-refractivity contribution is 7.91. The molecule has 0 saturated carbocycles. The minimum Gasteiger partial charge on any atom is -0.353 e. The Bertz CT molecular complexity index is 451. The molecule has 0 aliphatic carbocycles. The number of nitrogens with zero attached hydrogens (tertiary/aromatic N) is 1. The van der Waals surface area contributed by atoms with Crippen molar-refractivity contribution < 1.29 is 8.42 Å². The lowest BCUT2D eigenvalue weighted by Gasteiger charge is -2.11. The van der Waals surface area contributed by atoms with Gasteiger partial charge < -0.3 is 9.88 Å². The normalized spacial score (nSPS) is 13.7. The van der Waals surface area contributed by atoms with Crippen molar-refractivity contribution in [2.45, 2.75) is 39.8 Å². The quantitative estimate of drug-likeness (QED) is 0.787. The molecule has 0 aliphatic heterocycles. The van der Waals surface area contributed by atoms with E-state index in [4.69, 9.17) is 0 Å². The molecule has 0 aromatic carbocycles. The molecule has 0 spiro atoms. The molecular weight excluding hydrogens is 248 g/mol. The average molecular weight is 272 g/mol. The van der Waals surface area contributed by atoms with Crippen molar-refractivity contribution >= 4 is 9.84 Å². The fourth-order valence-corrected chi connectivity index (χ4v) is 2.50. The summed E-state index contributed by atoms with van der Waals surface area (Å²) in [6, 6.07) is 2.36. The van der Waals surface area contributed by atoms with Crippen LogP contribution >= 0.6 is 0 Å². The SMILES string of the molecule is CCCNC(C)c1ccn(CCS(=O)(=O)CC)c1. The van der Waals surface area contributed by atoms with Crippen LogP contribution in [-0.2, 0) is 16.4 Å². The zero-order valence-electron chi connectivity index (χ0n) is 11.5. The summed E-state index contributed by atoms with van der Waals surface area (Å²) in [6.07, 6.45) is 5.09. The highest BCUT2D eigenvalue weighted by Gasteiger charge is 2.09. The second-order valence-electron chi connectivity index (χ2n) is 4.59. The average Bonchev–Trinajstić information content (AvgIpc) is 2.82. The van der Waals surface area contributed by atoms with Gasteiger partial charge in [0.1, 0.15) is 0 Å². The maximum absolute atomic E-state index is 11.4. The summed E-state index contributed by atoms with van der Waals surface area (Å²) in [4.78, 5) is 0. The Kier molecular flexibility index (Phi) is 5.88. The fourth-order valence-electron chi connectivity index (χ4n) is 1.72. The molecule has 1 atom stereocenters. The Morgan fingerprint density at radius 3 is 2.72 bits per heavy atom. The molecule has 0 bridgehead atoms. The lowest BCUT2D eigenvalue weighted by Crippen LogP contribution is -2.19. The zero-order chi connectivity index (χ0) is 13.6. The molecule has 1 aromatic heterocycles. The minimum atomic E-state index is -2.88. The number of rotatable bonds is 8. The van der Waals surface area contributed by atoms with E-state index >= 15 is 0 Å². The fraction of sp³-hybridized carbons (Fsp3) is 0.692. The van der Waals surface area contributed by atoms with Gasteiger partial charge in [-0.2, -0.15) is 0 Å². The number of hydrogen-bond donors (Lipinski definition) is 1. The highest BCUT2D eigenvalue weighted by atomic mass is 32.2. The summed E-state index contributed by atoms with van der Waals surface area (Å²) in [5.74, 6) is 0.434. The van der Waals surface area contributed by atoms with Gasteiger partial charge in [-0.15, -0.1) is 0 Å². The lowest BCUT2D eigenvalue weighted by molar-refractivity contribution is 0.568. The van der Waals surface area contributed by atoms with Crippen molar-refractivity contribution in [3.8, 4) is 0 Å². The Labute approximate surface area is 110 Å². The Balaban J connectivity index is 2.53. The van der Waals surface area contributed by atoms with E-state index in [1.54, 1.807) is 6.92 Å². The van der Waals surface area contributed by atoms with E-state index in [9.17, 15) is 8.42 Å². The molecule has 0 saturated heterocycles. The Morgan fingerprint density at radius 1 is 1.39 bits per heavy atom. The van der Waals surface area contributed by atoms with Gasteiger partial charge >= 0.3 is 0 Å². The summed E-state index contributed by atoms with van der Waals surface area (Å²) in [7, 11) is -2.88. The number of hydrogen-bond acceptors (Lipinski definition) is 3. The molecule has 0 fully saturated rings. The van der Waals surface area contributed by atoms with Crippen LogP contribution in [0.3, 0.4) is 0 Å². The molecule has 1 rings (SSSR count). The van der Waals surface area contributed by atoms with E-state index in [1.807, 2.05) is 23.0 Å². The van der Waals surface area contributed by atoms with Crippen LogP contribution < -0.4 is 5.32 Å². The predicted octanol–water partition coefficient (Wildman–Crippen LogP) is 1.98. The maximum atomic E-state index is 11.4. The first-order valence-corrected chi connectivity index (χ1v) is 8.40. The second kappa shape index (κ2) is 6.95. The molecule has 1 N–H and O–H groups in total. The van der Waals surface area contributed by atoms with E-state index in [2.05, 4.69) is 19.2 Å². The van der Waals surface area contributed by atoms with Crippen LogP contribution in [0.4, 0.5) is 0 Å². The van der Waals surface area contributed by atoms with Crippen molar-refractivity contribution in [3.05, 3.63) is 24.0 Å². The molecular formula is C13H24N2O2S. The van der Waals surface area contributed by atoms with Crippen molar-refractivity contribution in [2.24, 2.45) is 0 Å². The zero-order valence-corrected chi connectivity index (χ0v) is 12.3. The number of aryl methyl sites for hydroxylation is 1. The van der Waals surface area contributed by atoms with Crippen LogP contribution in [0.2, 0.25) is 0 Å². The number of nitrogens with one attached hydrogen (secondary N) is 1. The van der Waals surface area contributed by atoms with E-state index in [1.165, 1.54) is 5.56 Å². The van der Waals surface area contributed by atoms with Crippen molar-refractivity contribution in [1.29, 1.82) is 0 Å². The smallest absolute Gasteiger partial charge is 0.151 e. The van der Waals surface area contributed by atoms with Gasteiger partial charge in [-0.1, -0.05) is 13.8 Å². The molecule has 104 valence electrons. The van der Waals surface area contributed by atoms with Gasteiger partial charge in [-0.05, 0) is 31.5 Å². The number of sulfone groups is 1. The first-order chi connectivity index (χ1) is 8.48. The molecule has 4 nitrogen and oxygen atoms in total. The molecule has 1 heterocycles. The van der Waals surface area contributed by atoms with Gasteiger partial charge in [-0.3, -0.25) is 0 Å². The van der Waals surface area contributed by atoms with Gasteiger partial charge in [0.25, 0.3) is 0 Å². The van der Waals surface area contributed by atoms with Gasteiger partial charge in [0.2, 0.25) is 0 Å². The second-order valence-corrected chi connectivity index (χ2v) is 7.07. The summed E-state index contributed by atoms with van der Waals surface area (Å²) < 4.78 is 24.8. The predicted molar refractivity (Wildman–Crippen MR) is 75.5 cm³/mol. The molecule has 0 radical (unpaired) electrons. The first-order valence-electron chi connectivity index (χ1n) is 6.58. The van der Waals surface area contributed by atoms with Crippen molar-refractivity contribution in [1.82, 2.24) is 9.88 Å². The standard InChI is InChI=1S/C13H24N2O2S/c1-4-7-14-12(3)13-6-8-15(11-13)9-10-18(16,17)5-2/h6,8,11-12,14H,4-5,7,9-10H2,1-3H3. The van der Waals surface area contributed by atoms with Crippen molar-refractivity contribution in [2.75, 3.05) is 18.1 Å². The minimum absolute atomic E-state index is 0.217. The van der Waals surface area contributed by atoms with Gasteiger partial charge in [0.05, 0.1) is 5.75 Å². The number of aromatic nitrogens is 1. The van der Waals surface area contributed by atoms with E-state index < -0.39 is 9.84 Å². The van der Waals surface area contributed by atoms with Crippen LogP contribution in [0.25, 0.3) is 0 Å². The van der Waals surface area contributed by atoms with Crippen LogP contribution in [0.1, 0.15) is 38.8 Å². The Hall–Kier alpha value is -0.810. The lowest BCUT2D eigenvalue weighted by atomic mass is 10.2. The molecule has 0 amide bonds. The molecule has 0 aliphatic rings. The third-order valence-electron chi connectivity index (χ3n) is 3.07. The Morgan fingerprint density at radius 2 is 2.11 bits per heavy atom. The summed E-state index contributed by atoms with van der Waals surface area (Å²) in [5, 5.41) is 3.41. The van der Waals surface area contributed by atoms with Crippen LogP contribution in [-0.4, -0.2) is 31.0 Å². The molecule has 1 aromatic rings. The monoisotopic (exact) mass is 272 g/mol. The summed E-state index contributed by atoms with van der Waals surface area (Å²) in [5.41, 5.74) is 1.21. The van der Waals surface area contributed by atoms with Gasteiger partial charge in [0.15, 0.2) is 9.84 Å². The van der Waals surface area contributed by atoms with E-state index in [0.717, 1.165) is 13.0 Å². The highest BCUT2D eigenvalue weighted by Crippen LogP contribution is 2.12. The first kappa shape index (κ1) is 15.2.